The smallest absolute Gasteiger partial charge is 0.256 e. The van der Waals surface area contributed by atoms with Gasteiger partial charge in [-0.2, -0.15) is 5.26 Å². The summed E-state index contributed by atoms with van der Waals surface area (Å²) < 4.78 is 0.906. The SMILES string of the molecule is CC.CN=C(/C=C(\C)C#N)NC(=O)c1ccc(Br)cc1. The molecule has 106 valence electrons. The zero-order chi connectivity index (χ0) is 15.5. The second-order valence-corrected chi connectivity index (χ2v) is 4.42. The number of carbonyl (C=O) groups is 1. The Labute approximate surface area is 128 Å². The highest BCUT2D eigenvalue weighted by Crippen LogP contribution is 2.10. The summed E-state index contributed by atoms with van der Waals surface area (Å²) in [6.45, 7) is 5.65. The molecule has 0 bridgehead atoms. The Morgan fingerprint density at radius 3 is 2.35 bits per heavy atom. The van der Waals surface area contributed by atoms with E-state index < -0.39 is 0 Å². The predicted octanol–water partition coefficient (Wildman–Crippen LogP) is 3.70. The van der Waals surface area contributed by atoms with E-state index in [-0.39, 0.29) is 5.91 Å². The number of amidine groups is 1. The van der Waals surface area contributed by atoms with Crippen LogP contribution in [0.2, 0.25) is 0 Å². The fourth-order valence-corrected chi connectivity index (χ4v) is 1.45. The highest BCUT2D eigenvalue weighted by molar-refractivity contribution is 9.10. The molecule has 0 atom stereocenters. The van der Waals surface area contributed by atoms with Crippen LogP contribution in [-0.2, 0) is 0 Å². The number of hydrogen-bond donors (Lipinski definition) is 1. The molecule has 5 heteroatoms. The fourth-order valence-electron chi connectivity index (χ4n) is 1.18. The molecule has 1 aromatic carbocycles. The van der Waals surface area contributed by atoms with E-state index >= 15 is 0 Å². The van der Waals surface area contributed by atoms with Gasteiger partial charge in [-0.1, -0.05) is 29.8 Å². The zero-order valence-electron chi connectivity index (χ0n) is 12.1. The van der Waals surface area contributed by atoms with Gasteiger partial charge in [0.25, 0.3) is 5.91 Å². The van der Waals surface area contributed by atoms with E-state index in [9.17, 15) is 4.79 Å². The lowest BCUT2D eigenvalue weighted by molar-refractivity contribution is 0.0977. The van der Waals surface area contributed by atoms with E-state index in [1.165, 1.54) is 6.08 Å². The molecule has 0 spiro atoms. The number of aliphatic imine (C=N–C) groups is 1. The molecule has 0 radical (unpaired) electrons. The van der Waals surface area contributed by atoms with Crippen molar-refractivity contribution in [1.82, 2.24) is 5.32 Å². The van der Waals surface area contributed by atoms with Crippen molar-refractivity contribution in [2.75, 3.05) is 7.05 Å². The van der Waals surface area contributed by atoms with Crippen LogP contribution in [0.3, 0.4) is 0 Å². The Hall–Kier alpha value is -1.93. The average Bonchev–Trinajstić information content (AvgIpc) is 2.48. The van der Waals surface area contributed by atoms with Crippen LogP contribution in [0.15, 0.2) is 45.4 Å². The molecule has 0 aliphatic carbocycles. The van der Waals surface area contributed by atoms with Crippen LogP contribution in [0.1, 0.15) is 31.1 Å². The van der Waals surface area contributed by atoms with Gasteiger partial charge in [-0.25, -0.2) is 0 Å². The molecule has 0 aliphatic rings. The summed E-state index contributed by atoms with van der Waals surface area (Å²) in [5.41, 5.74) is 1.01. The normalized spacial score (nSPS) is 11.0. The highest BCUT2D eigenvalue weighted by Gasteiger charge is 2.06. The van der Waals surface area contributed by atoms with Gasteiger partial charge in [0.05, 0.1) is 6.07 Å². The lowest BCUT2D eigenvalue weighted by Crippen LogP contribution is -2.29. The van der Waals surface area contributed by atoms with E-state index in [1.807, 2.05) is 19.9 Å². The van der Waals surface area contributed by atoms with Gasteiger partial charge in [0.15, 0.2) is 0 Å². The van der Waals surface area contributed by atoms with Crippen molar-refractivity contribution >= 4 is 27.7 Å². The third kappa shape index (κ3) is 6.30. The van der Waals surface area contributed by atoms with Gasteiger partial charge in [-0.05, 0) is 37.3 Å². The predicted molar refractivity (Wildman–Crippen MR) is 85.7 cm³/mol. The van der Waals surface area contributed by atoms with Crippen LogP contribution >= 0.6 is 15.9 Å². The van der Waals surface area contributed by atoms with Crippen molar-refractivity contribution in [1.29, 1.82) is 5.26 Å². The molecule has 0 fully saturated rings. The molecular weight excluding hydrogens is 318 g/mol. The van der Waals surface area contributed by atoms with E-state index in [2.05, 4.69) is 26.2 Å². The van der Waals surface area contributed by atoms with Crippen molar-refractivity contribution < 1.29 is 4.79 Å². The summed E-state index contributed by atoms with van der Waals surface area (Å²) in [5.74, 6) is 0.104. The number of halogens is 1. The summed E-state index contributed by atoms with van der Waals surface area (Å²) in [6, 6.07) is 8.95. The number of benzene rings is 1. The first kappa shape index (κ1) is 18.1. The lowest BCUT2D eigenvalue weighted by atomic mass is 10.2. The van der Waals surface area contributed by atoms with Crippen LogP contribution < -0.4 is 5.32 Å². The molecule has 1 N–H and O–H groups in total. The Bertz CT molecular complexity index is 539. The van der Waals surface area contributed by atoms with Gasteiger partial charge in [-0.15, -0.1) is 0 Å². The first-order valence-corrected chi connectivity index (χ1v) is 6.98. The van der Waals surface area contributed by atoms with Crippen molar-refractivity contribution in [2.45, 2.75) is 20.8 Å². The van der Waals surface area contributed by atoms with Gasteiger partial charge in [0.2, 0.25) is 0 Å². The lowest BCUT2D eigenvalue weighted by Gasteiger charge is -2.04. The number of allylic oxidation sites excluding steroid dienone is 1. The third-order valence-corrected chi connectivity index (χ3v) is 2.65. The standard InChI is InChI=1S/C13H12BrN3O.C2H6/c1-9(8-15)7-12(16-2)17-13(18)10-3-5-11(14)6-4-10;1-2/h3-7H,1-2H3,(H,16,17,18);1-2H3/b9-7+;. The topological polar surface area (TPSA) is 65.2 Å². The quantitative estimate of drug-likeness (QED) is 0.508. The van der Waals surface area contributed by atoms with E-state index in [4.69, 9.17) is 5.26 Å². The van der Waals surface area contributed by atoms with Crippen LogP contribution in [0, 0.1) is 11.3 Å². The summed E-state index contributed by atoms with van der Waals surface area (Å²) in [5, 5.41) is 11.3. The molecule has 1 rings (SSSR count). The van der Waals surface area contributed by atoms with Gasteiger partial charge < -0.3 is 5.32 Å². The monoisotopic (exact) mass is 335 g/mol. The molecular formula is C15H18BrN3O. The summed E-state index contributed by atoms with van der Waals surface area (Å²) in [4.78, 5) is 15.8. The number of carbonyl (C=O) groups excluding carboxylic acids is 1. The maximum Gasteiger partial charge on any atom is 0.256 e. The van der Waals surface area contributed by atoms with Gasteiger partial charge >= 0.3 is 0 Å². The van der Waals surface area contributed by atoms with E-state index in [0.717, 1.165) is 4.47 Å². The number of nitriles is 1. The molecule has 20 heavy (non-hydrogen) atoms. The van der Waals surface area contributed by atoms with Crippen LogP contribution in [-0.4, -0.2) is 18.8 Å². The Morgan fingerprint density at radius 1 is 1.35 bits per heavy atom. The van der Waals surface area contributed by atoms with E-state index in [1.54, 1.807) is 38.2 Å². The van der Waals surface area contributed by atoms with Crippen molar-refractivity contribution in [3.8, 4) is 6.07 Å². The van der Waals surface area contributed by atoms with Gasteiger partial charge in [0, 0.05) is 22.7 Å². The number of nitrogens with one attached hydrogen (secondary N) is 1. The molecule has 0 aromatic heterocycles. The minimum Gasteiger partial charge on any atom is -0.307 e. The molecule has 0 saturated carbocycles. The molecule has 0 saturated heterocycles. The van der Waals surface area contributed by atoms with Crippen LogP contribution in [0.5, 0.6) is 0 Å². The Balaban J connectivity index is 0.00000172. The fraction of sp³-hybridized carbons (Fsp3) is 0.267. The summed E-state index contributed by atoms with van der Waals surface area (Å²) in [7, 11) is 1.55. The molecule has 1 aromatic rings. The van der Waals surface area contributed by atoms with Gasteiger partial charge in [0.1, 0.15) is 5.84 Å². The second-order valence-electron chi connectivity index (χ2n) is 3.51. The number of amides is 1. The molecule has 4 nitrogen and oxygen atoms in total. The molecule has 0 aliphatic heterocycles. The summed E-state index contributed by atoms with van der Waals surface area (Å²) in [6.07, 6.45) is 1.52. The maximum atomic E-state index is 11.9. The Kier molecular flexibility index (Phi) is 8.97. The second kappa shape index (κ2) is 9.93. The summed E-state index contributed by atoms with van der Waals surface area (Å²) >= 11 is 3.30. The van der Waals surface area contributed by atoms with Crippen molar-refractivity contribution in [2.24, 2.45) is 4.99 Å². The molecule has 1 amide bonds. The highest BCUT2D eigenvalue weighted by atomic mass is 79.9. The minimum absolute atomic E-state index is 0.259. The average molecular weight is 336 g/mol. The van der Waals surface area contributed by atoms with Crippen molar-refractivity contribution in [3.05, 3.63) is 46.0 Å². The number of hydrogen-bond acceptors (Lipinski definition) is 3. The van der Waals surface area contributed by atoms with Crippen molar-refractivity contribution in [3.63, 3.8) is 0 Å². The number of rotatable bonds is 2. The number of nitrogens with zero attached hydrogens (tertiary/aromatic N) is 2. The molecule has 0 unspecified atom stereocenters. The third-order valence-electron chi connectivity index (χ3n) is 2.12. The first-order chi connectivity index (χ1) is 9.56. The van der Waals surface area contributed by atoms with E-state index in [0.29, 0.717) is 17.0 Å². The Morgan fingerprint density at radius 2 is 1.90 bits per heavy atom. The first-order valence-electron chi connectivity index (χ1n) is 6.19. The largest absolute Gasteiger partial charge is 0.307 e. The van der Waals surface area contributed by atoms with Gasteiger partial charge in [-0.3, -0.25) is 9.79 Å². The van der Waals surface area contributed by atoms with Crippen LogP contribution in [0.4, 0.5) is 0 Å². The maximum absolute atomic E-state index is 11.9. The zero-order valence-corrected chi connectivity index (χ0v) is 13.7. The minimum atomic E-state index is -0.259. The molecule has 0 heterocycles. The van der Waals surface area contributed by atoms with Crippen LogP contribution in [0.25, 0.3) is 0 Å².